The Morgan fingerprint density at radius 1 is 0.929 bits per heavy atom. The number of hydrogen-bond acceptors (Lipinski definition) is 0. The SMILES string of the molecule is [C]1=C(C2=CCCC2)C(C2=CCC2)=CC1. The van der Waals surface area contributed by atoms with Crippen molar-refractivity contribution >= 4 is 0 Å². The zero-order valence-corrected chi connectivity index (χ0v) is 8.47. The molecule has 0 unspecified atom stereocenters. The van der Waals surface area contributed by atoms with E-state index in [4.69, 9.17) is 0 Å². The summed E-state index contributed by atoms with van der Waals surface area (Å²) in [5, 5.41) is 0. The highest BCUT2D eigenvalue weighted by molar-refractivity contribution is 5.59. The van der Waals surface area contributed by atoms with E-state index in [0.29, 0.717) is 0 Å². The van der Waals surface area contributed by atoms with Crippen molar-refractivity contribution in [3.63, 3.8) is 0 Å². The van der Waals surface area contributed by atoms with Gasteiger partial charge in [0.15, 0.2) is 0 Å². The molecule has 0 saturated carbocycles. The smallest absolute Gasteiger partial charge is 0.00788 e. The summed E-state index contributed by atoms with van der Waals surface area (Å²) >= 11 is 0. The van der Waals surface area contributed by atoms with E-state index in [1.165, 1.54) is 43.3 Å². The van der Waals surface area contributed by atoms with Gasteiger partial charge in [0.2, 0.25) is 0 Å². The Labute approximate surface area is 85.7 Å². The van der Waals surface area contributed by atoms with Crippen molar-refractivity contribution in [1.29, 1.82) is 0 Å². The average Bonchev–Trinajstić information content (AvgIpc) is 2.66. The zero-order valence-electron chi connectivity index (χ0n) is 8.47. The minimum atomic E-state index is 1.03. The molecule has 0 amide bonds. The lowest BCUT2D eigenvalue weighted by Crippen LogP contribution is -2.00. The molecule has 0 aromatic rings. The van der Waals surface area contributed by atoms with Crippen molar-refractivity contribution in [2.24, 2.45) is 0 Å². The zero-order chi connectivity index (χ0) is 9.38. The van der Waals surface area contributed by atoms with Crippen molar-refractivity contribution in [3.8, 4) is 0 Å². The third-order valence-electron chi connectivity index (χ3n) is 3.37. The van der Waals surface area contributed by atoms with Crippen LogP contribution in [0.1, 0.15) is 38.5 Å². The molecule has 0 aromatic heterocycles. The molecule has 0 bridgehead atoms. The molecule has 0 nitrogen and oxygen atoms in total. The van der Waals surface area contributed by atoms with E-state index in [1.54, 1.807) is 11.1 Å². The van der Waals surface area contributed by atoms with Crippen LogP contribution in [-0.2, 0) is 0 Å². The van der Waals surface area contributed by atoms with Crippen LogP contribution in [-0.4, -0.2) is 0 Å². The molecule has 0 heterocycles. The van der Waals surface area contributed by atoms with Crippen molar-refractivity contribution < 1.29 is 0 Å². The van der Waals surface area contributed by atoms with Gasteiger partial charge in [-0.2, -0.15) is 0 Å². The molecule has 0 N–H and O–H groups in total. The average molecular weight is 183 g/mol. The predicted molar refractivity (Wildman–Crippen MR) is 58.7 cm³/mol. The minimum Gasteiger partial charge on any atom is -0.0807 e. The van der Waals surface area contributed by atoms with Gasteiger partial charge < -0.3 is 0 Å². The van der Waals surface area contributed by atoms with Gasteiger partial charge >= 0.3 is 0 Å². The summed E-state index contributed by atoms with van der Waals surface area (Å²) in [5.41, 5.74) is 6.07. The molecule has 0 saturated heterocycles. The van der Waals surface area contributed by atoms with Gasteiger partial charge in [-0.15, -0.1) is 0 Å². The largest absolute Gasteiger partial charge is 0.0807 e. The van der Waals surface area contributed by atoms with E-state index in [-0.39, 0.29) is 0 Å². The van der Waals surface area contributed by atoms with Crippen molar-refractivity contribution in [1.82, 2.24) is 0 Å². The Hall–Kier alpha value is -1.04. The van der Waals surface area contributed by atoms with Gasteiger partial charge in [0.25, 0.3) is 0 Å². The lowest BCUT2D eigenvalue weighted by atomic mass is 9.86. The van der Waals surface area contributed by atoms with Crippen molar-refractivity contribution in [3.05, 3.63) is 46.6 Å². The van der Waals surface area contributed by atoms with E-state index < -0.39 is 0 Å². The highest BCUT2D eigenvalue weighted by Gasteiger charge is 2.21. The normalized spacial score (nSPS) is 25.1. The summed E-state index contributed by atoms with van der Waals surface area (Å²) < 4.78 is 0. The molecule has 14 heavy (non-hydrogen) atoms. The van der Waals surface area contributed by atoms with Crippen LogP contribution in [0.25, 0.3) is 0 Å². The molecule has 0 aromatic carbocycles. The lowest BCUT2D eigenvalue weighted by molar-refractivity contribution is 0.881. The van der Waals surface area contributed by atoms with Gasteiger partial charge in [-0.1, -0.05) is 18.2 Å². The fourth-order valence-electron chi connectivity index (χ4n) is 2.46. The molecule has 3 aliphatic rings. The molecule has 0 atom stereocenters. The van der Waals surface area contributed by atoms with Crippen molar-refractivity contribution in [2.45, 2.75) is 38.5 Å². The first-order chi connectivity index (χ1) is 6.95. The molecular formula is C14H15. The van der Waals surface area contributed by atoms with Gasteiger partial charge in [-0.3, -0.25) is 0 Å². The fraction of sp³-hybridized carbons (Fsp3) is 0.429. The van der Waals surface area contributed by atoms with Crippen LogP contribution < -0.4 is 0 Å². The fourth-order valence-corrected chi connectivity index (χ4v) is 2.46. The first-order valence-corrected chi connectivity index (χ1v) is 5.65. The second-order valence-electron chi connectivity index (χ2n) is 4.26. The summed E-state index contributed by atoms with van der Waals surface area (Å²) in [6.45, 7) is 0. The maximum absolute atomic E-state index is 3.51. The van der Waals surface area contributed by atoms with E-state index in [2.05, 4.69) is 24.3 Å². The van der Waals surface area contributed by atoms with Crippen LogP contribution in [0.2, 0.25) is 0 Å². The molecule has 3 rings (SSSR count). The third kappa shape index (κ3) is 1.21. The molecule has 3 aliphatic carbocycles. The van der Waals surface area contributed by atoms with Crippen LogP contribution in [0.3, 0.4) is 0 Å². The van der Waals surface area contributed by atoms with Crippen LogP contribution in [0.15, 0.2) is 40.5 Å². The predicted octanol–water partition coefficient (Wildman–Crippen LogP) is 3.88. The Kier molecular flexibility index (Phi) is 1.93. The van der Waals surface area contributed by atoms with E-state index in [9.17, 15) is 0 Å². The number of rotatable bonds is 2. The minimum absolute atomic E-state index is 1.03. The second-order valence-corrected chi connectivity index (χ2v) is 4.26. The Morgan fingerprint density at radius 3 is 2.50 bits per heavy atom. The summed E-state index contributed by atoms with van der Waals surface area (Å²) in [6.07, 6.45) is 18.1. The van der Waals surface area contributed by atoms with Gasteiger partial charge in [0.05, 0.1) is 0 Å². The first kappa shape index (κ1) is 8.28. The molecule has 0 aliphatic heterocycles. The molecule has 0 heteroatoms. The number of hydrogen-bond donors (Lipinski definition) is 0. The third-order valence-corrected chi connectivity index (χ3v) is 3.37. The Balaban J connectivity index is 1.89. The van der Waals surface area contributed by atoms with Crippen LogP contribution >= 0.6 is 0 Å². The molecule has 0 spiro atoms. The highest BCUT2D eigenvalue weighted by Crippen LogP contribution is 2.39. The molecule has 1 radical (unpaired) electrons. The summed E-state index contributed by atoms with van der Waals surface area (Å²) in [4.78, 5) is 0. The van der Waals surface area contributed by atoms with E-state index in [1.807, 2.05) is 0 Å². The van der Waals surface area contributed by atoms with Crippen LogP contribution in [0, 0.1) is 6.08 Å². The standard InChI is InChI=1S/C14H15/c1-2-6-11(5-1)13-9-4-10-14(13)12-7-3-8-12/h5,7,10H,1-4,6,8H2. The summed E-state index contributed by atoms with van der Waals surface area (Å²) in [5.74, 6) is 0. The maximum Gasteiger partial charge on any atom is -0.00788 e. The molecular weight excluding hydrogens is 168 g/mol. The second kappa shape index (κ2) is 3.27. The first-order valence-electron chi connectivity index (χ1n) is 5.65. The van der Waals surface area contributed by atoms with Crippen LogP contribution in [0.5, 0.6) is 0 Å². The highest BCUT2D eigenvalue weighted by atomic mass is 14.3. The lowest BCUT2D eigenvalue weighted by Gasteiger charge is -2.19. The Bertz CT molecular complexity index is 375. The topological polar surface area (TPSA) is 0 Å². The Morgan fingerprint density at radius 2 is 1.86 bits per heavy atom. The monoisotopic (exact) mass is 183 g/mol. The summed E-state index contributed by atoms with van der Waals surface area (Å²) in [6, 6.07) is 0. The quantitative estimate of drug-likeness (QED) is 0.609. The number of allylic oxidation sites excluding steroid dienone is 8. The van der Waals surface area contributed by atoms with Gasteiger partial charge in [-0.05, 0) is 66.9 Å². The van der Waals surface area contributed by atoms with Gasteiger partial charge in [0.1, 0.15) is 0 Å². The van der Waals surface area contributed by atoms with Gasteiger partial charge in [-0.25, -0.2) is 0 Å². The summed E-state index contributed by atoms with van der Waals surface area (Å²) in [7, 11) is 0. The van der Waals surface area contributed by atoms with E-state index in [0.717, 1.165) is 6.42 Å². The van der Waals surface area contributed by atoms with E-state index >= 15 is 0 Å². The maximum atomic E-state index is 3.51. The molecule has 0 fully saturated rings. The van der Waals surface area contributed by atoms with Crippen molar-refractivity contribution in [2.75, 3.05) is 0 Å². The van der Waals surface area contributed by atoms with Crippen LogP contribution in [0.4, 0.5) is 0 Å². The van der Waals surface area contributed by atoms with Gasteiger partial charge in [0, 0.05) is 0 Å². The molecule has 71 valence electrons.